The summed E-state index contributed by atoms with van der Waals surface area (Å²) >= 11 is 0. The smallest absolute Gasteiger partial charge is 0.207 e. The molecule has 1 fully saturated rings. The van der Waals surface area contributed by atoms with E-state index in [0.29, 0.717) is 19.5 Å². The molecule has 98 valence electrons. The summed E-state index contributed by atoms with van der Waals surface area (Å²) in [5.41, 5.74) is -0.843. The van der Waals surface area contributed by atoms with E-state index in [0.717, 1.165) is 0 Å². The summed E-state index contributed by atoms with van der Waals surface area (Å²) in [4.78, 5) is 0. The largest absolute Gasteiger partial charge is 0.482 e. The minimum Gasteiger partial charge on any atom is -0.482 e. The molecule has 18 heavy (non-hydrogen) atoms. The first kappa shape index (κ1) is 11.6. The van der Waals surface area contributed by atoms with Crippen LogP contribution in [0.3, 0.4) is 0 Å². The molecule has 1 saturated heterocycles. The van der Waals surface area contributed by atoms with Crippen molar-refractivity contribution >= 4 is 0 Å². The molecule has 2 heterocycles. The van der Waals surface area contributed by atoms with Crippen LogP contribution < -0.4 is 14.8 Å². The van der Waals surface area contributed by atoms with Gasteiger partial charge in [-0.3, -0.25) is 0 Å². The molecule has 1 N–H and O–H groups in total. The van der Waals surface area contributed by atoms with E-state index in [1.807, 2.05) is 0 Å². The topological polar surface area (TPSA) is 30.5 Å². The molecule has 0 radical (unpaired) electrons. The molecule has 1 aromatic carbocycles. The number of rotatable bonds is 0. The molecule has 1 spiro atoms. The van der Waals surface area contributed by atoms with E-state index < -0.39 is 40.4 Å². The molecule has 0 saturated carbocycles. The van der Waals surface area contributed by atoms with Crippen molar-refractivity contribution in [3.05, 3.63) is 23.3 Å². The second-order valence-corrected chi connectivity index (χ2v) is 4.41. The number of nitrogens with one attached hydrogen (secondary N) is 1. The minimum absolute atomic E-state index is 0.0333. The van der Waals surface area contributed by atoms with Gasteiger partial charge in [0.25, 0.3) is 0 Å². The maximum atomic E-state index is 13.6. The molecule has 0 bridgehead atoms. The summed E-state index contributed by atoms with van der Waals surface area (Å²) < 4.78 is 63.4. The predicted molar refractivity (Wildman–Crippen MR) is 52.6 cm³/mol. The fourth-order valence-corrected chi connectivity index (χ4v) is 2.19. The average molecular weight is 263 g/mol. The maximum absolute atomic E-state index is 13.6. The Hall–Kier alpha value is -1.50. The highest BCUT2D eigenvalue weighted by atomic mass is 19.2. The standard InChI is InChI=1S/C11H9F4NO2/c12-5-6(13)8(15)10-9(7(5)14)17-4-11(18-10)1-2-16-3-11/h16H,1-4H2. The number of benzene rings is 1. The third-order valence-electron chi connectivity index (χ3n) is 3.19. The Balaban J connectivity index is 2.10. The van der Waals surface area contributed by atoms with Crippen molar-refractivity contribution in [3.8, 4) is 11.5 Å². The molecule has 2 aliphatic rings. The first-order chi connectivity index (χ1) is 8.54. The van der Waals surface area contributed by atoms with Crippen LogP contribution in [0.15, 0.2) is 0 Å². The third-order valence-corrected chi connectivity index (χ3v) is 3.19. The van der Waals surface area contributed by atoms with E-state index in [1.54, 1.807) is 0 Å². The van der Waals surface area contributed by atoms with Crippen LogP contribution in [-0.4, -0.2) is 25.3 Å². The van der Waals surface area contributed by atoms with E-state index in [9.17, 15) is 17.6 Å². The first-order valence-electron chi connectivity index (χ1n) is 5.42. The fraction of sp³-hybridized carbons (Fsp3) is 0.455. The lowest BCUT2D eigenvalue weighted by Gasteiger charge is -2.34. The van der Waals surface area contributed by atoms with Crippen LogP contribution in [0.2, 0.25) is 0 Å². The molecule has 3 rings (SSSR count). The van der Waals surface area contributed by atoms with E-state index in [-0.39, 0.29) is 6.61 Å². The van der Waals surface area contributed by atoms with Crippen molar-refractivity contribution in [2.24, 2.45) is 0 Å². The van der Waals surface area contributed by atoms with Gasteiger partial charge in [0, 0.05) is 13.0 Å². The van der Waals surface area contributed by atoms with Gasteiger partial charge in [0.05, 0.1) is 0 Å². The van der Waals surface area contributed by atoms with E-state index >= 15 is 0 Å². The van der Waals surface area contributed by atoms with Gasteiger partial charge >= 0.3 is 0 Å². The lowest BCUT2D eigenvalue weighted by molar-refractivity contribution is -0.000943. The van der Waals surface area contributed by atoms with Gasteiger partial charge in [-0.25, -0.2) is 8.78 Å². The number of hydrogen-bond acceptors (Lipinski definition) is 3. The van der Waals surface area contributed by atoms with Crippen LogP contribution in [0.5, 0.6) is 11.5 Å². The predicted octanol–water partition coefficient (Wildman–Crippen LogP) is 1.75. The first-order valence-corrected chi connectivity index (χ1v) is 5.42. The number of fused-ring (bicyclic) bond motifs is 1. The zero-order valence-electron chi connectivity index (χ0n) is 9.16. The van der Waals surface area contributed by atoms with Gasteiger partial charge in [-0.2, -0.15) is 8.78 Å². The Bertz CT molecular complexity index is 515. The summed E-state index contributed by atoms with van der Waals surface area (Å²) in [5, 5.41) is 2.98. The molecule has 1 atom stereocenters. The van der Waals surface area contributed by atoms with Crippen LogP contribution in [0.1, 0.15) is 6.42 Å². The molecule has 0 aliphatic carbocycles. The molecule has 1 aromatic rings. The van der Waals surface area contributed by atoms with Gasteiger partial charge in [0.1, 0.15) is 6.61 Å². The monoisotopic (exact) mass is 263 g/mol. The maximum Gasteiger partial charge on any atom is 0.207 e. The van der Waals surface area contributed by atoms with Gasteiger partial charge in [-0.1, -0.05) is 0 Å². The van der Waals surface area contributed by atoms with Crippen LogP contribution >= 0.6 is 0 Å². The molecule has 0 aromatic heterocycles. The zero-order valence-corrected chi connectivity index (χ0v) is 9.16. The van der Waals surface area contributed by atoms with Crippen molar-refractivity contribution in [2.45, 2.75) is 12.0 Å². The van der Waals surface area contributed by atoms with E-state index in [1.165, 1.54) is 0 Å². The number of hydrogen-bond donors (Lipinski definition) is 1. The molecule has 2 aliphatic heterocycles. The second-order valence-electron chi connectivity index (χ2n) is 4.41. The van der Waals surface area contributed by atoms with Gasteiger partial charge in [-0.05, 0) is 6.54 Å². The summed E-state index contributed by atoms with van der Waals surface area (Å²) in [6, 6.07) is 0. The second kappa shape index (κ2) is 3.74. The van der Waals surface area contributed by atoms with Gasteiger partial charge < -0.3 is 14.8 Å². The lowest BCUT2D eigenvalue weighted by atomic mass is 10.0. The van der Waals surface area contributed by atoms with E-state index in [2.05, 4.69) is 5.32 Å². The summed E-state index contributed by atoms with van der Waals surface area (Å²) in [5.74, 6) is -8.31. The van der Waals surface area contributed by atoms with Crippen LogP contribution in [0.25, 0.3) is 0 Å². The SMILES string of the molecule is Fc1c(F)c(F)c2c(c1F)OCC1(CCNC1)O2. The van der Waals surface area contributed by atoms with Gasteiger partial charge in [-0.15, -0.1) is 0 Å². The Morgan fingerprint density at radius 1 is 0.944 bits per heavy atom. The van der Waals surface area contributed by atoms with E-state index in [4.69, 9.17) is 9.47 Å². The highest BCUT2D eigenvalue weighted by Gasteiger charge is 2.44. The zero-order chi connectivity index (χ0) is 12.9. The van der Waals surface area contributed by atoms with Crippen LogP contribution in [0.4, 0.5) is 17.6 Å². The molecular weight excluding hydrogens is 254 g/mol. The van der Waals surface area contributed by atoms with Crippen molar-refractivity contribution in [1.29, 1.82) is 0 Å². The highest BCUT2D eigenvalue weighted by Crippen LogP contribution is 2.43. The quantitative estimate of drug-likeness (QED) is 0.439. The Morgan fingerprint density at radius 3 is 2.22 bits per heavy atom. The Morgan fingerprint density at radius 2 is 1.61 bits per heavy atom. The van der Waals surface area contributed by atoms with Crippen molar-refractivity contribution in [1.82, 2.24) is 5.32 Å². The molecular formula is C11H9F4NO2. The summed E-state index contributed by atoms with van der Waals surface area (Å²) in [6.07, 6.45) is 0.520. The summed E-state index contributed by atoms with van der Waals surface area (Å²) in [7, 11) is 0. The third kappa shape index (κ3) is 1.46. The van der Waals surface area contributed by atoms with Crippen molar-refractivity contribution in [3.63, 3.8) is 0 Å². The molecule has 1 unspecified atom stereocenters. The van der Waals surface area contributed by atoms with Crippen molar-refractivity contribution in [2.75, 3.05) is 19.7 Å². The van der Waals surface area contributed by atoms with Gasteiger partial charge in [0.15, 0.2) is 5.60 Å². The fourth-order valence-electron chi connectivity index (χ4n) is 2.19. The normalized spacial score (nSPS) is 25.8. The lowest BCUT2D eigenvalue weighted by Crippen LogP contribution is -2.47. The van der Waals surface area contributed by atoms with Crippen LogP contribution in [-0.2, 0) is 0 Å². The number of halogens is 4. The Labute approximate surface area is 99.7 Å². The highest BCUT2D eigenvalue weighted by molar-refractivity contribution is 5.45. The van der Waals surface area contributed by atoms with Crippen LogP contribution in [0, 0.1) is 23.3 Å². The average Bonchev–Trinajstić information content (AvgIpc) is 2.82. The summed E-state index contributed by atoms with van der Waals surface area (Å²) in [6.45, 7) is 0.980. The number of ether oxygens (including phenoxy) is 2. The molecule has 3 nitrogen and oxygen atoms in total. The molecule has 0 amide bonds. The Kier molecular flexibility index (Phi) is 2.41. The van der Waals surface area contributed by atoms with Crippen molar-refractivity contribution < 1.29 is 27.0 Å². The van der Waals surface area contributed by atoms with Gasteiger partial charge in [0.2, 0.25) is 34.8 Å². The minimum atomic E-state index is -1.89. The molecule has 7 heteroatoms.